The zero-order valence-electron chi connectivity index (χ0n) is 9.81. The molecule has 2 aromatic rings. The van der Waals surface area contributed by atoms with Gasteiger partial charge < -0.3 is 0 Å². The van der Waals surface area contributed by atoms with Crippen LogP contribution in [0.15, 0.2) is 28.5 Å². The van der Waals surface area contributed by atoms with E-state index in [9.17, 15) is 8.42 Å². The molecule has 0 radical (unpaired) electrons. The fraction of sp³-hybridized carbons (Fsp3) is 0.273. The van der Waals surface area contributed by atoms with Gasteiger partial charge in [0.15, 0.2) is 0 Å². The first-order chi connectivity index (χ1) is 8.38. The van der Waals surface area contributed by atoms with Gasteiger partial charge in [-0.05, 0) is 38.1 Å². The first-order valence-corrected chi connectivity index (χ1v) is 8.72. The Morgan fingerprint density at radius 1 is 1.22 bits per heavy atom. The minimum atomic E-state index is -3.45. The van der Waals surface area contributed by atoms with E-state index in [1.54, 1.807) is 25.1 Å². The topological polar surface area (TPSA) is 46.2 Å². The SMILES string of the molecule is Cc1ccc(S(=O)(=O)NC(C)c2ccc(Cl)s2)s1. The lowest BCUT2D eigenvalue weighted by Crippen LogP contribution is -2.25. The molecular weight excluding hydrogens is 310 g/mol. The number of hydrogen-bond donors (Lipinski definition) is 1. The van der Waals surface area contributed by atoms with Crippen LogP contribution in [0.1, 0.15) is 22.7 Å². The number of thiophene rings is 2. The molecule has 1 N–H and O–H groups in total. The molecule has 0 bridgehead atoms. The van der Waals surface area contributed by atoms with Crippen molar-refractivity contribution in [1.82, 2.24) is 4.72 Å². The van der Waals surface area contributed by atoms with E-state index in [0.29, 0.717) is 8.55 Å². The monoisotopic (exact) mass is 321 g/mol. The second-order valence-corrected chi connectivity index (χ2v) is 8.83. The van der Waals surface area contributed by atoms with Crippen molar-refractivity contribution in [2.45, 2.75) is 24.1 Å². The van der Waals surface area contributed by atoms with Crippen LogP contribution >= 0.6 is 34.3 Å². The highest BCUT2D eigenvalue weighted by atomic mass is 35.5. The molecule has 0 saturated heterocycles. The minimum Gasteiger partial charge on any atom is -0.206 e. The molecule has 0 aliphatic carbocycles. The van der Waals surface area contributed by atoms with Crippen LogP contribution in [-0.2, 0) is 10.0 Å². The van der Waals surface area contributed by atoms with Crippen LogP contribution < -0.4 is 4.72 Å². The van der Waals surface area contributed by atoms with Gasteiger partial charge >= 0.3 is 0 Å². The van der Waals surface area contributed by atoms with Crippen LogP contribution in [-0.4, -0.2) is 8.42 Å². The normalized spacial score (nSPS) is 13.7. The molecule has 0 spiro atoms. The summed E-state index contributed by atoms with van der Waals surface area (Å²) in [4.78, 5) is 1.87. The van der Waals surface area contributed by atoms with Gasteiger partial charge in [0.2, 0.25) is 0 Å². The lowest BCUT2D eigenvalue weighted by Gasteiger charge is -2.11. The minimum absolute atomic E-state index is 0.282. The molecule has 0 aliphatic heterocycles. The van der Waals surface area contributed by atoms with E-state index in [-0.39, 0.29) is 6.04 Å². The van der Waals surface area contributed by atoms with E-state index in [1.165, 1.54) is 22.7 Å². The second-order valence-electron chi connectivity index (χ2n) is 3.85. The highest BCUT2D eigenvalue weighted by molar-refractivity contribution is 7.91. The number of hydrogen-bond acceptors (Lipinski definition) is 4. The van der Waals surface area contributed by atoms with Crippen molar-refractivity contribution in [1.29, 1.82) is 0 Å². The van der Waals surface area contributed by atoms with Gasteiger partial charge in [0.05, 0.1) is 10.4 Å². The van der Waals surface area contributed by atoms with Gasteiger partial charge in [0.25, 0.3) is 10.0 Å². The van der Waals surface area contributed by atoms with Gasteiger partial charge in [-0.1, -0.05) is 11.6 Å². The molecular formula is C11H12ClNO2S3. The molecule has 2 rings (SSSR count). The first-order valence-electron chi connectivity index (χ1n) is 5.22. The third-order valence-electron chi connectivity index (χ3n) is 2.33. The first kappa shape index (κ1) is 14.0. The summed E-state index contributed by atoms with van der Waals surface area (Å²) in [5, 5.41) is 0. The van der Waals surface area contributed by atoms with Crippen LogP contribution in [0.3, 0.4) is 0 Å². The molecule has 18 heavy (non-hydrogen) atoms. The van der Waals surface area contributed by atoms with Crippen molar-refractivity contribution in [3.8, 4) is 0 Å². The molecule has 3 nitrogen and oxygen atoms in total. The molecule has 2 aromatic heterocycles. The molecule has 0 saturated carbocycles. The highest BCUT2D eigenvalue weighted by Gasteiger charge is 2.20. The maximum absolute atomic E-state index is 12.1. The summed E-state index contributed by atoms with van der Waals surface area (Å²) in [6, 6.07) is 6.74. The molecule has 0 amide bonds. The van der Waals surface area contributed by atoms with E-state index < -0.39 is 10.0 Å². The van der Waals surface area contributed by atoms with Crippen molar-refractivity contribution in [2.75, 3.05) is 0 Å². The van der Waals surface area contributed by atoms with Gasteiger partial charge in [0, 0.05) is 9.75 Å². The number of halogens is 1. The van der Waals surface area contributed by atoms with Crippen LogP contribution in [0.25, 0.3) is 0 Å². The van der Waals surface area contributed by atoms with Crippen molar-refractivity contribution in [3.63, 3.8) is 0 Å². The van der Waals surface area contributed by atoms with Crippen LogP contribution in [0.2, 0.25) is 4.34 Å². The maximum atomic E-state index is 12.1. The smallest absolute Gasteiger partial charge is 0.206 e. The van der Waals surface area contributed by atoms with Crippen LogP contribution in [0.4, 0.5) is 0 Å². The quantitative estimate of drug-likeness (QED) is 0.930. The third-order valence-corrected chi connectivity index (χ3v) is 6.78. The molecule has 1 atom stereocenters. The van der Waals surface area contributed by atoms with Gasteiger partial charge in [0.1, 0.15) is 4.21 Å². The number of nitrogens with one attached hydrogen (secondary N) is 1. The van der Waals surface area contributed by atoms with Gasteiger partial charge in [-0.15, -0.1) is 22.7 Å². The van der Waals surface area contributed by atoms with Crippen molar-refractivity contribution in [2.24, 2.45) is 0 Å². The van der Waals surface area contributed by atoms with E-state index in [4.69, 9.17) is 11.6 Å². The van der Waals surface area contributed by atoms with E-state index >= 15 is 0 Å². The summed E-state index contributed by atoms with van der Waals surface area (Å²) in [5.74, 6) is 0. The van der Waals surface area contributed by atoms with Gasteiger partial charge in [-0.25, -0.2) is 13.1 Å². The molecule has 0 fully saturated rings. The Hall–Kier alpha value is -0.400. The fourth-order valence-electron chi connectivity index (χ4n) is 1.47. The van der Waals surface area contributed by atoms with Crippen LogP contribution in [0, 0.1) is 6.92 Å². The van der Waals surface area contributed by atoms with Gasteiger partial charge in [-0.2, -0.15) is 0 Å². The lowest BCUT2D eigenvalue weighted by molar-refractivity contribution is 0.570. The zero-order chi connectivity index (χ0) is 13.3. The molecule has 1 unspecified atom stereocenters. The Morgan fingerprint density at radius 3 is 2.44 bits per heavy atom. The Labute approximate surface area is 119 Å². The van der Waals surface area contributed by atoms with E-state index in [0.717, 1.165) is 9.75 Å². The number of rotatable bonds is 4. The number of sulfonamides is 1. The molecule has 7 heteroatoms. The largest absolute Gasteiger partial charge is 0.250 e. The predicted octanol–water partition coefficient (Wildman–Crippen LogP) is 3.81. The lowest BCUT2D eigenvalue weighted by atomic mass is 10.3. The third kappa shape index (κ3) is 3.13. The molecule has 0 aliphatic rings. The molecule has 98 valence electrons. The predicted molar refractivity (Wildman–Crippen MR) is 77.1 cm³/mol. The average molecular weight is 322 g/mol. The highest BCUT2D eigenvalue weighted by Crippen LogP contribution is 2.28. The summed E-state index contributed by atoms with van der Waals surface area (Å²) in [6.07, 6.45) is 0. The maximum Gasteiger partial charge on any atom is 0.250 e. The Bertz CT molecular complexity index is 645. The summed E-state index contributed by atoms with van der Waals surface area (Å²) in [6.45, 7) is 3.69. The summed E-state index contributed by atoms with van der Waals surface area (Å²) >= 11 is 8.48. The Morgan fingerprint density at radius 2 is 1.94 bits per heavy atom. The van der Waals surface area contributed by atoms with Crippen molar-refractivity contribution < 1.29 is 8.42 Å². The number of aryl methyl sites for hydroxylation is 1. The average Bonchev–Trinajstić information content (AvgIpc) is 2.86. The summed E-state index contributed by atoms with van der Waals surface area (Å²) in [7, 11) is -3.45. The molecule has 2 heterocycles. The van der Waals surface area contributed by atoms with E-state index in [2.05, 4.69) is 4.72 Å². The second kappa shape index (κ2) is 5.30. The van der Waals surface area contributed by atoms with Gasteiger partial charge in [-0.3, -0.25) is 0 Å². The zero-order valence-corrected chi connectivity index (χ0v) is 13.0. The molecule has 0 aromatic carbocycles. The standard InChI is InChI=1S/C11H12ClNO2S3/c1-7-3-6-11(16-7)18(14,15)13-8(2)9-4-5-10(12)17-9/h3-6,8,13H,1-2H3. The van der Waals surface area contributed by atoms with E-state index in [1.807, 2.05) is 13.0 Å². The van der Waals surface area contributed by atoms with Crippen LogP contribution in [0.5, 0.6) is 0 Å². The fourth-order valence-corrected chi connectivity index (χ4v) is 5.13. The summed E-state index contributed by atoms with van der Waals surface area (Å²) < 4.78 is 27.9. The van der Waals surface area contributed by atoms with Crippen molar-refractivity contribution in [3.05, 3.63) is 38.4 Å². The summed E-state index contributed by atoms with van der Waals surface area (Å²) in [5.41, 5.74) is 0. The van der Waals surface area contributed by atoms with Crippen molar-refractivity contribution >= 4 is 44.3 Å². The Balaban J connectivity index is 2.18. The Kier molecular flexibility index (Phi) is 4.13.